The van der Waals surface area contributed by atoms with Gasteiger partial charge >= 0.3 is 0 Å². The summed E-state index contributed by atoms with van der Waals surface area (Å²) in [5, 5.41) is 6.37. The number of benzene rings is 2. The molecule has 3 rings (SSSR count). The van der Waals surface area contributed by atoms with Gasteiger partial charge in [0.25, 0.3) is 0 Å². The Morgan fingerprint density at radius 3 is 2.69 bits per heavy atom. The Morgan fingerprint density at radius 2 is 1.96 bits per heavy atom. The van der Waals surface area contributed by atoms with E-state index in [1.54, 1.807) is 20.0 Å². The molecule has 1 aliphatic heterocycles. The van der Waals surface area contributed by atoms with Crippen LogP contribution in [-0.2, 0) is 6.54 Å². The topological polar surface area (TPSA) is 54.9 Å². The maximum atomic E-state index is 13.6. The minimum atomic E-state index is -0.200. The maximum Gasteiger partial charge on any atom is 0.191 e. The fourth-order valence-corrected chi connectivity index (χ4v) is 2.53. The molecular weight excluding hydrogens is 448 g/mol. The van der Waals surface area contributed by atoms with Crippen molar-refractivity contribution in [2.24, 2.45) is 4.99 Å². The smallest absolute Gasteiger partial charge is 0.191 e. The third-order valence-corrected chi connectivity index (χ3v) is 3.98. The zero-order valence-electron chi connectivity index (χ0n) is 14.8. The standard InChI is InChI=1S/C19H22FN3O2.HI/c1-13-7-8-14(9-16(13)20)10-22-19(21-2)23-11-15-12-24-17-5-3-4-6-18(17)25-15;/h3-9,15H,10-12H2,1-2H3,(H2,21,22,23);1H. The third-order valence-electron chi connectivity index (χ3n) is 3.98. The van der Waals surface area contributed by atoms with Crippen molar-refractivity contribution < 1.29 is 13.9 Å². The van der Waals surface area contributed by atoms with Crippen molar-refractivity contribution in [1.82, 2.24) is 10.6 Å². The molecule has 0 radical (unpaired) electrons. The Bertz CT molecular complexity index is 770. The summed E-state index contributed by atoms with van der Waals surface area (Å²) in [6, 6.07) is 12.8. The number of guanidine groups is 1. The summed E-state index contributed by atoms with van der Waals surface area (Å²) in [6.45, 7) is 3.26. The van der Waals surface area contributed by atoms with Gasteiger partial charge in [0, 0.05) is 13.6 Å². The van der Waals surface area contributed by atoms with Crippen molar-refractivity contribution in [1.29, 1.82) is 0 Å². The van der Waals surface area contributed by atoms with Crippen molar-refractivity contribution in [3.05, 3.63) is 59.4 Å². The van der Waals surface area contributed by atoms with Gasteiger partial charge in [0.05, 0.1) is 6.54 Å². The molecule has 1 heterocycles. The molecule has 1 unspecified atom stereocenters. The molecular formula is C19H23FIN3O2. The van der Waals surface area contributed by atoms with Crippen molar-refractivity contribution >= 4 is 29.9 Å². The molecule has 0 saturated heterocycles. The second-order valence-corrected chi connectivity index (χ2v) is 5.89. The Hall–Kier alpha value is -2.03. The first-order chi connectivity index (χ1) is 12.2. The number of nitrogens with zero attached hydrogens (tertiary/aromatic N) is 1. The van der Waals surface area contributed by atoms with Gasteiger partial charge in [-0.25, -0.2) is 4.39 Å². The summed E-state index contributed by atoms with van der Waals surface area (Å²) < 4.78 is 25.2. The number of hydrogen-bond acceptors (Lipinski definition) is 3. The highest BCUT2D eigenvalue weighted by Gasteiger charge is 2.20. The van der Waals surface area contributed by atoms with Crippen molar-refractivity contribution in [2.45, 2.75) is 19.6 Å². The summed E-state index contributed by atoms with van der Waals surface area (Å²) in [6.07, 6.45) is -0.106. The van der Waals surface area contributed by atoms with E-state index in [1.807, 2.05) is 30.3 Å². The SMILES string of the molecule is CN=C(NCc1ccc(C)c(F)c1)NCC1COc2ccccc2O1.I. The van der Waals surface area contributed by atoms with Gasteiger partial charge in [0.1, 0.15) is 18.5 Å². The number of nitrogens with one attached hydrogen (secondary N) is 2. The molecule has 7 heteroatoms. The molecule has 2 N–H and O–H groups in total. The number of para-hydroxylation sites is 2. The highest BCUT2D eigenvalue weighted by Crippen LogP contribution is 2.30. The quantitative estimate of drug-likeness (QED) is 0.409. The van der Waals surface area contributed by atoms with Gasteiger partial charge in [0.15, 0.2) is 17.5 Å². The predicted octanol–water partition coefficient (Wildman–Crippen LogP) is 3.26. The number of hydrogen-bond donors (Lipinski definition) is 2. The highest BCUT2D eigenvalue weighted by molar-refractivity contribution is 14.0. The van der Waals surface area contributed by atoms with Crippen LogP contribution in [-0.4, -0.2) is 32.3 Å². The van der Waals surface area contributed by atoms with Gasteiger partial charge in [0.2, 0.25) is 0 Å². The Labute approximate surface area is 170 Å². The molecule has 0 saturated carbocycles. The predicted molar refractivity (Wildman–Crippen MR) is 111 cm³/mol. The van der Waals surface area contributed by atoms with Crippen LogP contribution in [0.25, 0.3) is 0 Å². The lowest BCUT2D eigenvalue weighted by Crippen LogP contribution is -2.45. The van der Waals surface area contributed by atoms with E-state index in [4.69, 9.17) is 9.47 Å². The van der Waals surface area contributed by atoms with Crippen LogP contribution in [0.1, 0.15) is 11.1 Å². The molecule has 140 valence electrons. The van der Waals surface area contributed by atoms with Crippen molar-refractivity contribution in [3.63, 3.8) is 0 Å². The zero-order valence-corrected chi connectivity index (χ0v) is 17.1. The minimum Gasteiger partial charge on any atom is -0.486 e. The first-order valence-corrected chi connectivity index (χ1v) is 8.23. The average molecular weight is 471 g/mol. The van der Waals surface area contributed by atoms with Crippen LogP contribution in [0.15, 0.2) is 47.5 Å². The van der Waals surface area contributed by atoms with Crippen LogP contribution in [0, 0.1) is 12.7 Å². The average Bonchev–Trinajstić information content (AvgIpc) is 2.64. The van der Waals surface area contributed by atoms with Crippen LogP contribution in [0.3, 0.4) is 0 Å². The number of fused-ring (bicyclic) bond motifs is 1. The highest BCUT2D eigenvalue weighted by atomic mass is 127. The van der Waals surface area contributed by atoms with E-state index in [0.717, 1.165) is 17.1 Å². The van der Waals surface area contributed by atoms with Crippen molar-refractivity contribution in [3.8, 4) is 11.5 Å². The Kier molecular flexibility index (Phi) is 7.50. The molecule has 0 bridgehead atoms. The fourth-order valence-electron chi connectivity index (χ4n) is 2.53. The van der Waals surface area contributed by atoms with Gasteiger partial charge in [-0.2, -0.15) is 0 Å². The van der Waals surface area contributed by atoms with E-state index in [1.165, 1.54) is 6.07 Å². The largest absolute Gasteiger partial charge is 0.486 e. The number of ether oxygens (including phenoxy) is 2. The number of halogens is 2. The van der Waals surface area contributed by atoms with E-state index in [9.17, 15) is 4.39 Å². The van der Waals surface area contributed by atoms with Gasteiger partial charge in [-0.1, -0.05) is 24.3 Å². The fraction of sp³-hybridized carbons (Fsp3) is 0.316. The first kappa shape index (κ1) is 20.3. The lowest BCUT2D eigenvalue weighted by Gasteiger charge is -2.27. The van der Waals surface area contributed by atoms with Gasteiger partial charge in [-0.15, -0.1) is 24.0 Å². The molecule has 1 aliphatic rings. The second-order valence-electron chi connectivity index (χ2n) is 5.89. The lowest BCUT2D eigenvalue weighted by molar-refractivity contribution is 0.0936. The van der Waals surface area contributed by atoms with E-state index in [-0.39, 0.29) is 35.9 Å². The first-order valence-electron chi connectivity index (χ1n) is 8.23. The van der Waals surface area contributed by atoms with Crippen LogP contribution < -0.4 is 20.1 Å². The molecule has 2 aromatic carbocycles. The van der Waals surface area contributed by atoms with E-state index >= 15 is 0 Å². The zero-order chi connectivity index (χ0) is 17.6. The molecule has 2 aromatic rings. The van der Waals surface area contributed by atoms with Crippen LogP contribution >= 0.6 is 24.0 Å². The summed E-state index contributed by atoms with van der Waals surface area (Å²) in [4.78, 5) is 4.18. The molecule has 0 aromatic heterocycles. The maximum absolute atomic E-state index is 13.6. The normalized spacial score (nSPS) is 15.8. The summed E-state index contributed by atoms with van der Waals surface area (Å²) in [5.41, 5.74) is 1.50. The molecule has 0 amide bonds. The summed E-state index contributed by atoms with van der Waals surface area (Å²) in [7, 11) is 1.69. The Morgan fingerprint density at radius 1 is 1.19 bits per heavy atom. The van der Waals surface area contributed by atoms with Crippen LogP contribution in [0.5, 0.6) is 11.5 Å². The number of rotatable bonds is 4. The van der Waals surface area contributed by atoms with E-state index < -0.39 is 0 Å². The van der Waals surface area contributed by atoms with Crippen LogP contribution in [0.2, 0.25) is 0 Å². The molecule has 26 heavy (non-hydrogen) atoms. The number of aliphatic imine (C=N–C) groups is 1. The lowest BCUT2D eigenvalue weighted by atomic mass is 10.1. The molecule has 0 aliphatic carbocycles. The van der Waals surface area contributed by atoms with Gasteiger partial charge < -0.3 is 20.1 Å². The van der Waals surface area contributed by atoms with Crippen molar-refractivity contribution in [2.75, 3.05) is 20.2 Å². The van der Waals surface area contributed by atoms with E-state index in [2.05, 4.69) is 15.6 Å². The van der Waals surface area contributed by atoms with E-state index in [0.29, 0.717) is 31.2 Å². The summed E-state index contributed by atoms with van der Waals surface area (Å²) in [5.74, 6) is 1.94. The van der Waals surface area contributed by atoms with Crippen LogP contribution in [0.4, 0.5) is 4.39 Å². The Balaban J connectivity index is 0.00000243. The molecule has 5 nitrogen and oxygen atoms in total. The second kappa shape index (κ2) is 9.61. The number of aryl methyl sites for hydroxylation is 1. The monoisotopic (exact) mass is 471 g/mol. The van der Waals surface area contributed by atoms with Gasteiger partial charge in [-0.05, 0) is 36.2 Å². The molecule has 1 atom stereocenters. The summed E-state index contributed by atoms with van der Waals surface area (Å²) >= 11 is 0. The molecule has 0 fully saturated rings. The molecule has 0 spiro atoms. The van der Waals surface area contributed by atoms with Gasteiger partial charge in [-0.3, -0.25) is 4.99 Å². The third kappa shape index (κ3) is 5.23. The minimum absolute atomic E-state index is 0.